The highest BCUT2D eigenvalue weighted by Crippen LogP contribution is 2.44. The van der Waals surface area contributed by atoms with Gasteiger partial charge in [-0.2, -0.15) is 0 Å². The molecule has 0 unspecified atom stereocenters. The number of amides is 2. The molecule has 5 rings (SSSR count). The molecule has 2 fully saturated rings. The van der Waals surface area contributed by atoms with Crippen LogP contribution < -0.4 is 10.6 Å². The van der Waals surface area contributed by atoms with E-state index in [1.54, 1.807) is 0 Å². The molecular weight excluding hydrogens is 560 g/mol. The Balaban J connectivity index is 1.26. The van der Waals surface area contributed by atoms with E-state index < -0.39 is 42.9 Å². The van der Waals surface area contributed by atoms with Gasteiger partial charge in [0.15, 0.2) is 11.6 Å². The number of carboxylic acid groups (broad SMARTS) is 1. The fraction of sp³-hybridized carbons (Fsp3) is 0.514. The highest BCUT2D eigenvalue weighted by Gasteiger charge is 2.35. The number of fused-ring (bicyclic) bond motifs is 3. The van der Waals surface area contributed by atoms with Crippen LogP contribution in [0.3, 0.4) is 0 Å². The average molecular weight is 603 g/mol. The van der Waals surface area contributed by atoms with E-state index in [0.29, 0.717) is 25.7 Å². The Labute approximate surface area is 258 Å². The number of rotatable bonds is 12. The summed E-state index contributed by atoms with van der Waals surface area (Å²) in [5, 5.41) is 14.7. The number of carbonyl (C=O) groups excluding carboxylic acids is 4. The van der Waals surface area contributed by atoms with E-state index in [0.717, 1.165) is 60.8 Å². The molecule has 2 aromatic rings. The minimum absolute atomic E-state index is 0.0625. The molecule has 9 nitrogen and oxygen atoms in total. The molecule has 3 aliphatic rings. The van der Waals surface area contributed by atoms with Gasteiger partial charge in [0.2, 0.25) is 5.91 Å². The van der Waals surface area contributed by atoms with Crippen molar-refractivity contribution < 1.29 is 33.8 Å². The third kappa shape index (κ3) is 7.55. The Morgan fingerprint density at radius 1 is 0.682 bits per heavy atom. The van der Waals surface area contributed by atoms with Crippen molar-refractivity contribution in [2.45, 2.75) is 95.1 Å². The molecule has 0 aromatic heterocycles. The van der Waals surface area contributed by atoms with Gasteiger partial charge in [0.1, 0.15) is 6.61 Å². The molecule has 2 amide bonds. The average Bonchev–Trinajstić information content (AvgIpc) is 3.36. The van der Waals surface area contributed by atoms with E-state index >= 15 is 0 Å². The lowest BCUT2D eigenvalue weighted by molar-refractivity contribution is -0.141. The maximum Gasteiger partial charge on any atom is 0.407 e. The van der Waals surface area contributed by atoms with Gasteiger partial charge in [0.05, 0.1) is 24.9 Å². The Bertz CT molecular complexity index is 1330. The minimum atomic E-state index is -1.19. The van der Waals surface area contributed by atoms with E-state index in [2.05, 4.69) is 10.6 Å². The van der Waals surface area contributed by atoms with Crippen LogP contribution >= 0.6 is 0 Å². The minimum Gasteiger partial charge on any atom is -0.481 e. The lowest BCUT2D eigenvalue weighted by Gasteiger charge is -2.27. The topological polar surface area (TPSA) is 139 Å². The van der Waals surface area contributed by atoms with Crippen molar-refractivity contribution in [3.63, 3.8) is 0 Å². The van der Waals surface area contributed by atoms with Crippen LogP contribution in [0.5, 0.6) is 0 Å². The molecule has 0 aliphatic heterocycles. The van der Waals surface area contributed by atoms with Crippen LogP contribution in [0, 0.1) is 11.8 Å². The molecular formula is C35H42N2O7. The smallest absolute Gasteiger partial charge is 0.407 e. The molecule has 2 saturated carbocycles. The van der Waals surface area contributed by atoms with Gasteiger partial charge in [-0.1, -0.05) is 87.1 Å². The van der Waals surface area contributed by atoms with Crippen LogP contribution in [0.4, 0.5) is 4.79 Å². The number of benzene rings is 2. The van der Waals surface area contributed by atoms with Crippen molar-refractivity contribution in [1.29, 1.82) is 0 Å². The van der Waals surface area contributed by atoms with Crippen LogP contribution in [-0.2, 0) is 23.9 Å². The first-order chi connectivity index (χ1) is 21.3. The second-order valence-corrected chi connectivity index (χ2v) is 12.4. The zero-order valence-electron chi connectivity index (χ0n) is 25.1. The highest BCUT2D eigenvalue weighted by atomic mass is 16.5. The molecule has 0 radical (unpaired) electrons. The molecule has 3 N–H and O–H groups in total. The summed E-state index contributed by atoms with van der Waals surface area (Å²) < 4.78 is 5.67. The lowest BCUT2D eigenvalue weighted by atomic mass is 9.82. The second-order valence-electron chi connectivity index (χ2n) is 12.4. The lowest BCUT2D eigenvalue weighted by Crippen LogP contribution is -2.50. The summed E-state index contributed by atoms with van der Waals surface area (Å²) in [5.74, 6) is -3.07. The zero-order valence-corrected chi connectivity index (χ0v) is 25.1. The van der Waals surface area contributed by atoms with E-state index in [-0.39, 0.29) is 35.9 Å². The van der Waals surface area contributed by atoms with Crippen LogP contribution in [0.2, 0.25) is 0 Å². The molecule has 0 heterocycles. The van der Waals surface area contributed by atoms with Gasteiger partial charge in [-0.15, -0.1) is 0 Å². The van der Waals surface area contributed by atoms with Crippen molar-refractivity contribution in [1.82, 2.24) is 10.6 Å². The molecule has 3 aliphatic carbocycles. The molecule has 0 spiro atoms. The summed E-state index contributed by atoms with van der Waals surface area (Å²) in [6.45, 7) is 0.0625. The predicted molar refractivity (Wildman–Crippen MR) is 164 cm³/mol. The van der Waals surface area contributed by atoms with Crippen molar-refractivity contribution in [2.75, 3.05) is 6.61 Å². The van der Waals surface area contributed by atoms with E-state index in [1.807, 2.05) is 48.5 Å². The Morgan fingerprint density at radius 3 is 1.66 bits per heavy atom. The van der Waals surface area contributed by atoms with Crippen LogP contribution in [-0.4, -0.2) is 53.3 Å². The monoisotopic (exact) mass is 602 g/mol. The molecule has 0 bridgehead atoms. The summed E-state index contributed by atoms with van der Waals surface area (Å²) in [6, 6.07) is 13.6. The van der Waals surface area contributed by atoms with E-state index in [4.69, 9.17) is 4.74 Å². The Kier molecular flexibility index (Phi) is 10.5. The molecule has 2 aromatic carbocycles. The Hall–Kier alpha value is -4.01. The zero-order chi connectivity index (χ0) is 31.1. The summed E-state index contributed by atoms with van der Waals surface area (Å²) in [7, 11) is 0. The SMILES string of the molecule is O=C(O)C[C@H](NC(=O)C[C@H](NC(=O)OCC1c2ccccc2-c2ccccc21)C(=O)C1CCCCC1)C(=O)C1CCCCC1. The molecule has 9 heteroatoms. The van der Waals surface area contributed by atoms with Crippen LogP contribution in [0.1, 0.15) is 94.1 Å². The van der Waals surface area contributed by atoms with Gasteiger partial charge < -0.3 is 20.5 Å². The highest BCUT2D eigenvalue weighted by molar-refractivity contribution is 5.96. The number of alkyl carbamates (subject to hydrolysis) is 1. The maximum absolute atomic E-state index is 13.6. The number of ketones is 2. The third-order valence-electron chi connectivity index (χ3n) is 9.44. The fourth-order valence-corrected chi connectivity index (χ4v) is 7.18. The normalized spacial score (nSPS) is 18.4. The molecule has 2 atom stereocenters. The van der Waals surface area contributed by atoms with Gasteiger partial charge in [0.25, 0.3) is 0 Å². The molecule has 44 heavy (non-hydrogen) atoms. The standard InChI is InChI=1S/C35H42N2O7/c38-31(36-30(20-32(39)40)34(42)23-13-5-2-6-14-23)19-29(33(41)22-11-3-1-4-12-22)37-35(43)44-21-28-26-17-9-7-15-24(26)25-16-8-10-18-27(25)28/h7-10,15-18,22-23,28-30H,1-6,11-14,19-21H2,(H,36,38)(H,37,43)(H,39,40)/t29-,30-/m0/s1. The number of nitrogens with one attached hydrogen (secondary N) is 2. The van der Waals surface area contributed by atoms with E-state index in [1.165, 1.54) is 0 Å². The van der Waals surface area contributed by atoms with Crippen molar-refractivity contribution in [3.8, 4) is 11.1 Å². The number of ether oxygens (including phenoxy) is 1. The van der Waals surface area contributed by atoms with Gasteiger partial charge in [-0.25, -0.2) is 4.79 Å². The summed E-state index contributed by atoms with van der Waals surface area (Å²) in [4.78, 5) is 64.7. The first kappa shape index (κ1) is 31.4. The molecule has 0 saturated heterocycles. The first-order valence-electron chi connectivity index (χ1n) is 16.0. The first-order valence-corrected chi connectivity index (χ1v) is 16.0. The number of Topliss-reactive ketones (excluding diaryl/α,β-unsaturated/α-hetero) is 2. The number of hydrogen-bond donors (Lipinski definition) is 3. The largest absolute Gasteiger partial charge is 0.481 e. The quantitative estimate of drug-likeness (QED) is 0.290. The second kappa shape index (κ2) is 14.6. The number of carbonyl (C=O) groups is 5. The summed E-state index contributed by atoms with van der Waals surface area (Å²) in [6.07, 6.45) is 6.67. The predicted octanol–water partition coefficient (Wildman–Crippen LogP) is 5.54. The van der Waals surface area contributed by atoms with Gasteiger partial charge in [-0.3, -0.25) is 19.2 Å². The third-order valence-corrected chi connectivity index (χ3v) is 9.44. The number of hydrogen-bond acceptors (Lipinski definition) is 6. The molecule has 234 valence electrons. The number of aliphatic carboxylic acids is 1. The van der Waals surface area contributed by atoms with E-state index in [9.17, 15) is 29.1 Å². The summed E-state index contributed by atoms with van der Waals surface area (Å²) >= 11 is 0. The van der Waals surface area contributed by atoms with Crippen LogP contribution in [0.25, 0.3) is 11.1 Å². The van der Waals surface area contributed by atoms with Gasteiger partial charge in [-0.05, 0) is 47.9 Å². The summed E-state index contributed by atoms with van der Waals surface area (Å²) in [5.41, 5.74) is 4.31. The van der Waals surface area contributed by atoms with Crippen molar-refractivity contribution in [3.05, 3.63) is 59.7 Å². The maximum atomic E-state index is 13.6. The van der Waals surface area contributed by atoms with Gasteiger partial charge in [0, 0.05) is 17.8 Å². The van der Waals surface area contributed by atoms with Gasteiger partial charge >= 0.3 is 12.1 Å². The number of carboxylic acids is 1. The Morgan fingerprint density at radius 2 is 1.16 bits per heavy atom. The fourth-order valence-electron chi connectivity index (χ4n) is 7.18. The van der Waals surface area contributed by atoms with Crippen molar-refractivity contribution in [2.24, 2.45) is 11.8 Å². The van der Waals surface area contributed by atoms with Crippen LogP contribution in [0.15, 0.2) is 48.5 Å². The van der Waals surface area contributed by atoms with Crippen molar-refractivity contribution >= 4 is 29.5 Å².